The molecule has 2 heterocycles. The molecule has 0 aliphatic carbocycles. The number of aromatic nitrogens is 1. The molecule has 0 aromatic carbocycles. The zero-order valence-corrected chi connectivity index (χ0v) is 11.1. The Morgan fingerprint density at radius 2 is 2.26 bits per heavy atom. The van der Waals surface area contributed by atoms with Crippen molar-refractivity contribution in [3.63, 3.8) is 0 Å². The summed E-state index contributed by atoms with van der Waals surface area (Å²) in [7, 11) is 0. The van der Waals surface area contributed by atoms with Crippen LogP contribution >= 0.6 is 0 Å². The van der Waals surface area contributed by atoms with Crippen LogP contribution < -0.4 is 10.6 Å². The Morgan fingerprint density at radius 1 is 1.53 bits per heavy atom. The third kappa shape index (κ3) is 3.03. The molecule has 1 aliphatic heterocycles. The zero-order chi connectivity index (χ0) is 14.0. The molecule has 1 aromatic rings. The first-order chi connectivity index (χ1) is 8.93. The van der Waals surface area contributed by atoms with E-state index in [0.29, 0.717) is 30.8 Å². The molecule has 1 aromatic heterocycles. The minimum Gasteiger partial charge on any atom is -0.397 e. The smallest absolute Gasteiger partial charge is 0.265 e. The molecule has 0 saturated carbocycles. The molecular formula is C14H19F2N3. The quantitative estimate of drug-likeness (QED) is 0.915. The summed E-state index contributed by atoms with van der Waals surface area (Å²) >= 11 is 0. The molecule has 2 N–H and O–H groups in total. The summed E-state index contributed by atoms with van der Waals surface area (Å²) in [6.07, 6.45) is 1.15. The Balaban J connectivity index is 2.31. The van der Waals surface area contributed by atoms with Gasteiger partial charge in [0.05, 0.1) is 29.3 Å². The highest BCUT2D eigenvalue weighted by Crippen LogP contribution is 2.31. The number of halogens is 2. The van der Waals surface area contributed by atoms with Gasteiger partial charge in [-0.1, -0.05) is 13.5 Å². The van der Waals surface area contributed by atoms with Gasteiger partial charge in [0.25, 0.3) is 5.92 Å². The standard InChI is InChI=1S/C14H19F2N3/c1-3-11-13(6-5-12(18-11)10(2)17)19-8-4-7-14(15,16)9-19/h5-6H,2-4,7-9,17H2,1H3. The Morgan fingerprint density at radius 3 is 2.84 bits per heavy atom. The van der Waals surface area contributed by atoms with Crippen molar-refractivity contribution >= 4 is 11.4 Å². The maximum absolute atomic E-state index is 13.5. The number of hydrogen-bond donors (Lipinski definition) is 1. The first kappa shape index (κ1) is 13.8. The number of nitrogens with zero attached hydrogens (tertiary/aromatic N) is 2. The van der Waals surface area contributed by atoms with E-state index in [1.54, 1.807) is 11.0 Å². The highest BCUT2D eigenvalue weighted by atomic mass is 19.3. The topological polar surface area (TPSA) is 42.1 Å². The van der Waals surface area contributed by atoms with Crippen LogP contribution in [0, 0.1) is 0 Å². The van der Waals surface area contributed by atoms with Crippen molar-refractivity contribution in [2.75, 3.05) is 18.0 Å². The minimum atomic E-state index is -2.61. The molecule has 104 valence electrons. The molecule has 1 saturated heterocycles. The molecule has 0 amide bonds. The molecule has 1 fully saturated rings. The number of alkyl halides is 2. The molecular weight excluding hydrogens is 248 g/mol. The fourth-order valence-corrected chi connectivity index (χ4v) is 2.39. The van der Waals surface area contributed by atoms with Gasteiger partial charge < -0.3 is 10.6 Å². The number of anilines is 1. The Bertz CT molecular complexity index is 486. The van der Waals surface area contributed by atoms with E-state index < -0.39 is 5.92 Å². The second-order valence-corrected chi connectivity index (χ2v) is 4.92. The van der Waals surface area contributed by atoms with E-state index >= 15 is 0 Å². The summed E-state index contributed by atoms with van der Waals surface area (Å²) in [6, 6.07) is 3.56. The largest absolute Gasteiger partial charge is 0.397 e. The Kier molecular flexibility index (Phi) is 3.73. The molecule has 19 heavy (non-hydrogen) atoms. The van der Waals surface area contributed by atoms with E-state index in [-0.39, 0.29) is 13.0 Å². The second kappa shape index (κ2) is 5.15. The predicted octanol–water partition coefficient (Wildman–Crippen LogP) is 2.81. The van der Waals surface area contributed by atoms with Crippen LogP contribution in [0.3, 0.4) is 0 Å². The summed E-state index contributed by atoms with van der Waals surface area (Å²) in [5.41, 5.74) is 8.20. The molecule has 0 atom stereocenters. The molecule has 1 aliphatic rings. The maximum atomic E-state index is 13.5. The van der Waals surface area contributed by atoms with Crippen molar-refractivity contribution in [1.29, 1.82) is 0 Å². The Labute approximate surface area is 112 Å². The third-order valence-electron chi connectivity index (χ3n) is 3.35. The highest BCUT2D eigenvalue weighted by Gasteiger charge is 2.35. The van der Waals surface area contributed by atoms with Gasteiger partial charge in [0, 0.05) is 13.0 Å². The number of hydrogen-bond acceptors (Lipinski definition) is 3. The Hall–Kier alpha value is -1.65. The van der Waals surface area contributed by atoms with E-state index in [9.17, 15) is 8.78 Å². The van der Waals surface area contributed by atoms with E-state index in [1.165, 1.54) is 0 Å². The molecule has 2 rings (SSSR count). The summed E-state index contributed by atoms with van der Waals surface area (Å²) in [5.74, 6) is -2.61. The lowest BCUT2D eigenvalue weighted by Crippen LogP contribution is -2.43. The normalized spacial score (nSPS) is 18.4. The molecule has 0 unspecified atom stereocenters. The van der Waals surface area contributed by atoms with Crippen LogP contribution in [0.2, 0.25) is 0 Å². The summed E-state index contributed by atoms with van der Waals surface area (Å²) in [4.78, 5) is 6.12. The number of nitrogens with two attached hydrogens (primary N) is 1. The zero-order valence-electron chi connectivity index (χ0n) is 11.1. The van der Waals surface area contributed by atoms with Crippen LogP contribution in [-0.2, 0) is 6.42 Å². The first-order valence-corrected chi connectivity index (χ1v) is 6.50. The highest BCUT2D eigenvalue weighted by molar-refractivity contribution is 5.61. The van der Waals surface area contributed by atoms with Gasteiger partial charge in [0.15, 0.2) is 0 Å². The van der Waals surface area contributed by atoms with Crippen LogP contribution in [0.25, 0.3) is 5.70 Å². The van der Waals surface area contributed by atoms with Gasteiger partial charge >= 0.3 is 0 Å². The number of pyridine rings is 1. The van der Waals surface area contributed by atoms with Crippen molar-refractivity contribution in [1.82, 2.24) is 4.98 Å². The van der Waals surface area contributed by atoms with Crippen LogP contribution in [0.1, 0.15) is 31.2 Å². The molecule has 5 heteroatoms. The monoisotopic (exact) mass is 267 g/mol. The van der Waals surface area contributed by atoms with Gasteiger partial charge in [0.1, 0.15) is 0 Å². The van der Waals surface area contributed by atoms with E-state index in [1.807, 2.05) is 13.0 Å². The predicted molar refractivity (Wildman–Crippen MR) is 73.2 cm³/mol. The van der Waals surface area contributed by atoms with E-state index in [0.717, 1.165) is 11.4 Å². The molecule has 0 spiro atoms. The van der Waals surface area contributed by atoms with Crippen LogP contribution in [0.5, 0.6) is 0 Å². The van der Waals surface area contributed by atoms with Crippen molar-refractivity contribution in [2.45, 2.75) is 32.1 Å². The number of piperidine rings is 1. The minimum absolute atomic E-state index is 0.0317. The van der Waals surface area contributed by atoms with Crippen molar-refractivity contribution in [2.24, 2.45) is 5.73 Å². The molecule has 3 nitrogen and oxygen atoms in total. The van der Waals surface area contributed by atoms with Gasteiger partial charge in [-0.15, -0.1) is 0 Å². The average Bonchev–Trinajstić information content (AvgIpc) is 2.36. The lowest BCUT2D eigenvalue weighted by atomic mass is 10.1. The average molecular weight is 267 g/mol. The van der Waals surface area contributed by atoms with Crippen molar-refractivity contribution in [3.05, 3.63) is 30.1 Å². The molecule has 0 bridgehead atoms. The molecule has 0 radical (unpaired) electrons. The number of aryl methyl sites for hydroxylation is 1. The summed E-state index contributed by atoms with van der Waals surface area (Å²) in [6.45, 7) is 6.02. The van der Waals surface area contributed by atoms with Crippen LogP contribution in [0.4, 0.5) is 14.5 Å². The van der Waals surface area contributed by atoms with Gasteiger partial charge in [0.2, 0.25) is 0 Å². The number of rotatable bonds is 3. The van der Waals surface area contributed by atoms with Gasteiger partial charge in [-0.2, -0.15) is 0 Å². The van der Waals surface area contributed by atoms with E-state index in [4.69, 9.17) is 5.73 Å². The van der Waals surface area contributed by atoms with Gasteiger partial charge in [-0.25, -0.2) is 13.8 Å². The second-order valence-electron chi connectivity index (χ2n) is 4.92. The fraction of sp³-hybridized carbons (Fsp3) is 0.500. The lowest BCUT2D eigenvalue weighted by Gasteiger charge is -2.35. The first-order valence-electron chi connectivity index (χ1n) is 6.50. The van der Waals surface area contributed by atoms with Crippen LogP contribution in [0.15, 0.2) is 18.7 Å². The van der Waals surface area contributed by atoms with Crippen LogP contribution in [-0.4, -0.2) is 24.0 Å². The summed E-state index contributed by atoms with van der Waals surface area (Å²) in [5, 5.41) is 0. The summed E-state index contributed by atoms with van der Waals surface area (Å²) < 4.78 is 27.0. The van der Waals surface area contributed by atoms with Gasteiger partial charge in [-0.05, 0) is 25.0 Å². The van der Waals surface area contributed by atoms with Crippen molar-refractivity contribution in [3.8, 4) is 0 Å². The SMILES string of the molecule is C=C(N)c1ccc(N2CCCC(F)(F)C2)c(CC)n1. The third-order valence-corrected chi connectivity index (χ3v) is 3.35. The van der Waals surface area contributed by atoms with E-state index in [2.05, 4.69) is 11.6 Å². The van der Waals surface area contributed by atoms with Crippen molar-refractivity contribution < 1.29 is 8.78 Å². The lowest BCUT2D eigenvalue weighted by molar-refractivity contribution is -0.0117. The fourth-order valence-electron chi connectivity index (χ4n) is 2.39. The maximum Gasteiger partial charge on any atom is 0.265 e. The van der Waals surface area contributed by atoms with Gasteiger partial charge in [-0.3, -0.25) is 0 Å².